The minimum Gasteiger partial charge on any atom is -0.496 e. The number of hydrogen-bond donors (Lipinski definition) is 2. The minimum atomic E-state index is -3.68. The Morgan fingerprint density at radius 3 is 2.46 bits per heavy atom. The lowest BCUT2D eigenvalue weighted by Gasteiger charge is -2.17. The van der Waals surface area contributed by atoms with E-state index in [-0.39, 0.29) is 23.4 Å². The summed E-state index contributed by atoms with van der Waals surface area (Å²) in [6.07, 6.45) is 5.05. The van der Waals surface area contributed by atoms with Gasteiger partial charge in [-0.05, 0) is 37.3 Å². The molecule has 0 aliphatic carbocycles. The molecule has 0 saturated carbocycles. The van der Waals surface area contributed by atoms with Crippen LogP contribution in [0.5, 0.6) is 5.75 Å². The van der Waals surface area contributed by atoms with Gasteiger partial charge in [0.15, 0.2) is 0 Å². The Hall–Kier alpha value is -2.82. The van der Waals surface area contributed by atoms with Crippen molar-refractivity contribution in [2.24, 2.45) is 0 Å². The van der Waals surface area contributed by atoms with E-state index in [9.17, 15) is 13.2 Å². The van der Waals surface area contributed by atoms with Crippen LogP contribution in [-0.4, -0.2) is 28.0 Å². The fourth-order valence-corrected chi connectivity index (χ4v) is 3.32. The van der Waals surface area contributed by atoms with Crippen LogP contribution in [0.15, 0.2) is 53.4 Å². The van der Waals surface area contributed by atoms with Crippen molar-refractivity contribution in [2.75, 3.05) is 13.7 Å². The Morgan fingerprint density at radius 1 is 1.19 bits per heavy atom. The molecule has 2 N–H and O–H groups in total. The molecule has 0 aromatic heterocycles. The second kappa shape index (κ2) is 8.52. The van der Waals surface area contributed by atoms with E-state index in [0.717, 1.165) is 5.56 Å². The molecular weight excluding hydrogens is 352 g/mol. The van der Waals surface area contributed by atoms with Crippen LogP contribution in [0.1, 0.15) is 28.9 Å². The summed E-state index contributed by atoms with van der Waals surface area (Å²) in [5, 5.41) is 2.87. The largest absolute Gasteiger partial charge is 0.496 e. The zero-order valence-corrected chi connectivity index (χ0v) is 15.3. The van der Waals surface area contributed by atoms with Crippen LogP contribution < -0.4 is 14.8 Å². The summed E-state index contributed by atoms with van der Waals surface area (Å²) in [5.41, 5.74) is 1.20. The summed E-state index contributed by atoms with van der Waals surface area (Å²) < 4.78 is 31.5. The molecule has 0 bridgehead atoms. The molecule has 136 valence electrons. The Bertz CT molecular complexity index is 915. The van der Waals surface area contributed by atoms with E-state index >= 15 is 0 Å². The third kappa shape index (κ3) is 4.63. The van der Waals surface area contributed by atoms with Crippen LogP contribution in [0.25, 0.3) is 0 Å². The summed E-state index contributed by atoms with van der Waals surface area (Å²) >= 11 is 0. The van der Waals surface area contributed by atoms with Crippen LogP contribution in [-0.2, 0) is 10.0 Å². The maximum absolute atomic E-state index is 12.4. The van der Waals surface area contributed by atoms with Crippen molar-refractivity contribution >= 4 is 15.9 Å². The predicted octanol–water partition coefficient (Wildman–Crippen LogP) is 2.10. The SMILES string of the molecule is C#CCNS(=O)(=O)c1ccc(C(=O)NC(C)c2ccccc2OC)cc1. The van der Waals surface area contributed by atoms with Gasteiger partial charge in [0.1, 0.15) is 5.75 Å². The van der Waals surface area contributed by atoms with Gasteiger partial charge < -0.3 is 10.1 Å². The molecule has 6 nitrogen and oxygen atoms in total. The van der Waals surface area contributed by atoms with Crippen molar-refractivity contribution in [3.8, 4) is 18.1 Å². The van der Waals surface area contributed by atoms with Crippen molar-refractivity contribution in [3.63, 3.8) is 0 Å². The molecule has 7 heteroatoms. The lowest BCUT2D eigenvalue weighted by atomic mass is 10.1. The fraction of sp³-hybridized carbons (Fsp3) is 0.211. The van der Waals surface area contributed by atoms with E-state index in [1.54, 1.807) is 7.11 Å². The molecule has 26 heavy (non-hydrogen) atoms. The molecule has 0 saturated heterocycles. The molecule has 0 radical (unpaired) electrons. The fourth-order valence-electron chi connectivity index (χ4n) is 2.39. The molecule has 1 amide bonds. The van der Waals surface area contributed by atoms with Crippen molar-refractivity contribution in [3.05, 3.63) is 59.7 Å². The Morgan fingerprint density at radius 2 is 1.85 bits per heavy atom. The monoisotopic (exact) mass is 372 g/mol. The van der Waals surface area contributed by atoms with E-state index in [1.807, 2.05) is 31.2 Å². The molecule has 1 atom stereocenters. The molecule has 2 aromatic carbocycles. The third-order valence-corrected chi connectivity index (χ3v) is 5.16. The van der Waals surface area contributed by atoms with Gasteiger partial charge in [0, 0.05) is 11.1 Å². The van der Waals surface area contributed by atoms with Gasteiger partial charge in [-0.1, -0.05) is 24.1 Å². The first-order chi connectivity index (χ1) is 12.4. The molecule has 0 aliphatic rings. The number of amides is 1. The van der Waals surface area contributed by atoms with Crippen LogP contribution in [0.4, 0.5) is 0 Å². The van der Waals surface area contributed by atoms with E-state index < -0.39 is 10.0 Å². The van der Waals surface area contributed by atoms with E-state index in [2.05, 4.69) is 16.0 Å². The Balaban J connectivity index is 2.12. The lowest BCUT2D eigenvalue weighted by molar-refractivity contribution is 0.0939. The maximum atomic E-state index is 12.4. The van der Waals surface area contributed by atoms with Crippen LogP contribution >= 0.6 is 0 Å². The lowest BCUT2D eigenvalue weighted by Crippen LogP contribution is -2.27. The summed E-state index contributed by atoms with van der Waals surface area (Å²) in [7, 11) is -2.11. The normalized spacial score (nSPS) is 12.0. The first kappa shape index (κ1) is 19.5. The highest BCUT2D eigenvalue weighted by Gasteiger charge is 2.17. The van der Waals surface area contributed by atoms with Gasteiger partial charge in [-0.15, -0.1) is 6.42 Å². The molecule has 0 spiro atoms. The van der Waals surface area contributed by atoms with Crippen molar-refractivity contribution in [1.29, 1.82) is 0 Å². The van der Waals surface area contributed by atoms with Gasteiger partial charge >= 0.3 is 0 Å². The summed E-state index contributed by atoms with van der Waals surface area (Å²) in [6.45, 7) is 1.75. The average molecular weight is 372 g/mol. The minimum absolute atomic E-state index is 0.0436. The van der Waals surface area contributed by atoms with Crippen LogP contribution in [0, 0.1) is 12.3 Å². The molecule has 2 rings (SSSR count). The predicted molar refractivity (Wildman–Crippen MR) is 99.3 cm³/mol. The van der Waals surface area contributed by atoms with Gasteiger partial charge in [-0.25, -0.2) is 8.42 Å². The van der Waals surface area contributed by atoms with E-state index in [0.29, 0.717) is 11.3 Å². The van der Waals surface area contributed by atoms with Crippen molar-refractivity contribution in [2.45, 2.75) is 17.9 Å². The second-order valence-corrected chi connectivity index (χ2v) is 7.26. The molecular formula is C19H20N2O4S. The Kier molecular flexibility index (Phi) is 6.39. The molecule has 0 aliphatic heterocycles. The van der Waals surface area contributed by atoms with Gasteiger partial charge in [-0.3, -0.25) is 4.79 Å². The number of sulfonamides is 1. The highest BCUT2D eigenvalue weighted by molar-refractivity contribution is 7.89. The van der Waals surface area contributed by atoms with Crippen molar-refractivity contribution < 1.29 is 17.9 Å². The number of carbonyl (C=O) groups is 1. The zero-order valence-electron chi connectivity index (χ0n) is 14.5. The molecule has 2 aromatic rings. The standard InChI is InChI=1S/C19H20N2O4S/c1-4-13-20-26(23,24)16-11-9-15(10-12-16)19(22)21-14(2)17-7-5-6-8-18(17)25-3/h1,5-12,14,20H,13H2,2-3H3,(H,21,22). The second-order valence-electron chi connectivity index (χ2n) is 5.49. The first-order valence-corrected chi connectivity index (χ1v) is 9.34. The highest BCUT2D eigenvalue weighted by atomic mass is 32.2. The van der Waals surface area contributed by atoms with Crippen molar-refractivity contribution in [1.82, 2.24) is 10.0 Å². The molecule has 1 unspecified atom stereocenters. The number of carbonyl (C=O) groups excluding carboxylic acids is 1. The number of rotatable bonds is 7. The van der Waals surface area contributed by atoms with E-state index in [4.69, 9.17) is 11.2 Å². The topological polar surface area (TPSA) is 84.5 Å². The number of terminal acetylenes is 1. The first-order valence-electron chi connectivity index (χ1n) is 7.86. The Labute approximate surface area is 153 Å². The number of para-hydroxylation sites is 1. The third-order valence-electron chi connectivity index (χ3n) is 3.74. The molecule has 0 fully saturated rings. The summed E-state index contributed by atoms with van der Waals surface area (Å²) in [5.74, 6) is 2.57. The number of nitrogens with one attached hydrogen (secondary N) is 2. The van der Waals surface area contributed by atoms with Crippen LogP contribution in [0.3, 0.4) is 0 Å². The van der Waals surface area contributed by atoms with E-state index in [1.165, 1.54) is 24.3 Å². The number of benzene rings is 2. The quantitative estimate of drug-likeness (QED) is 0.729. The zero-order chi connectivity index (χ0) is 19.2. The summed E-state index contributed by atoms with van der Waals surface area (Å²) in [6, 6.07) is 12.8. The van der Waals surface area contributed by atoms with Gasteiger partial charge in [0.25, 0.3) is 5.91 Å². The van der Waals surface area contributed by atoms with Gasteiger partial charge in [-0.2, -0.15) is 4.72 Å². The molecule has 0 heterocycles. The number of hydrogen-bond acceptors (Lipinski definition) is 4. The smallest absolute Gasteiger partial charge is 0.251 e. The highest BCUT2D eigenvalue weighted by Crippen LogP contribution is 2.24. The maximum Gasteiger partial charge on any atom is 0.251 e. The number of ether oxygens (including phenoxy) is 1. The van der Waals surface area contributed by atoms with Crippen LogP contribution in [0.2, 0.25) is 0 Å². The number of methoxy groups -OCH3 is 1. The average Bonchev–Trinajstić information content (AvgIpc) is 2.66. The van der Waals surface area contributed by atoms with Gasteiger partial charge in [0.05, 0.1) is 24.6 Å². The van der Waals surface area contributed by atoms with Gasteiger partial charge in [0.2, 0.25) is 10.0 Å². The summed E-state index contributed by atoms with van der Waals surface area (Å²) in [4.78, 5) is 12.5.